The number of anilines is 4. The highest BCUT2D eigenvalue weighted by Gasteiger charge is 2.15. The van der Waals surface area contributed by atoms with Crippen molar-refractivity contribution in [3.05, 3.63) is 133 Å². The zero-order valence-electron chi connectivity index (χ0n) is 17.7. The van der Waals surface area contributed by atoms with Crippen LogP contribution in [0.15, 0.2) is 133 Å². The van der Waals surface area contributed by atoms with Gasteiger partial charge < -0.3 is 10.6 Å². The summed E-state index contributed by atoms with van der Waals surface area (Å²) < 4.78 is 0. The molecular formula is C30H24N2. The molecule has 2 heteroatoms. The van der Waals surface area contributed by atoms with E-state index in [0.29, 0.717) is 0 Å². The lowest BCUT2D eigenvalue weighted by Gasteiger charge is -2.26. The topological polar surface area (TPSA) is 29.3 Å². The Balaban J connectivity index is 1.71. The highest BCUT2D eigenvalue weighted by atomic mass is 15.1. The molecule has 0 spiro atoms. The largest absolute Gasteiger partial charge is 0.399 e. The fourth-order valence-electron chi connectivity index (χ4n) is 4.04. The Hall–Kier alpha value is -4.30. The lowest BCUT2D eigenvalue weighted by atomic mass is 9.93. The quantitative estimate of drug-likeness (QED) is 0.296. The maximum absolute atomic E-state index is 5.94. The van der Waals surface area contributed by atoms with Crippen molar-refractivity contribution in [1.82, 2.24) is 0 Å². The SMILES string of the molecule is Nc1ccc(-c2ccc(N(c3ccccc3)c3ccccc3)cc2-c2ccccc2)cc1. The Kier molecular flexibility index (Phi) is 5.42. The van der Waals surface area contributed by atoms with E-state index < -0.39 is 0 Å². The highest BCUT2D eigenvalue weighted by Crippen LogP contribution is 2.40. The van der Waals surface area contributed by atoms with Gasteiger partial charge in [0, 0.05) is 22.7 Å². The van der Waals surface area contributed by atoms with Gasteiger partial charge in [0.2, 0.25) is 0 Å². The molecule has 0 amide bonds. The molecule has 5 aromatic rings. The molecule has 32 heavy (non-hydrogen) atoms. The molecule has 0 radical (unpaired) electrons. The molecule has 0 aromatic heterocycles. The van der Waals surface area contributed by atoms with Crippen LogP contribution >= 0.6 is 0 Å². The Morgan fingerprint density at radius 1 is 0.406 bits per heavy atom. The summed E-state index contributed by atoms with van der Waals surface area (Å²) in [7, 11) is 0. The Labute approximate surface area is 189 Å². The number of nitrogens with zero attached hydrogens (tertiary/aromatic N) is 1. The minimum absolute atomic E-state index is 0.769. The standard InChI is InChI=1S/C30H24N2/c31-25-18-16-24(17-19-25)29-21-20-28(22-30(29)23-10-4-1-5-11-23)32(26-12-6-2-7-13-26)27-14-8-3-9-15-27/h1-22H,31H2. The van der Waals surface area contributed by atoms with E-state index in [1.54, 1.807) is 0 Å². The summed E-state index contributed by atoms with van der Waals surface area (Å²) in [5.74, 6) is 0. The Bertz CT molecular complexity index is 1260. The van der Waals surface area contributed by atoms with Gasteiger partial charge in [0.15, 0.2) is 0 Å². The average Bonchev–Trinajstić information content (AvgIpc) is 2.87. The van der Waals surface area contributed by atoms with E-state index in [1.807, 2.05) is 24.3 Å². The van der Waals surface area contributed by atoms with Gasteiger partial charge in [-0.25, -0.2) is 0 Å². The molecule has 0 heterocycles. The second kappa shape index (κ2) is 8.83. The number of rotatable bonds is 5. The molecule has 0 fully saturated rings. The molecule has 154 valence electrons. The van der Waals surface area contributed by atoms with Gasteiger partial charge in [0.25, 0.3) is 0 Å². The van der Waals surface area contributed by atoms with Gasteiger partial charge in [-0.3, -0.25) is 0 Å². The van der Waals surface area contributed by atoms with Crippen LogP contribution in [0.1, 0.15) is 0 Å². The summed E-state index contributed by atoms with van der Waals surface area (Å²) >= 11 is 0. The Morgan fingerprint density at radius 2 is 0.906 bits per heavy atom. The first-order valence-corrected chi connectivity index (χ1v) is 10.8. The molecule has 2 nitrogen and oxygen atoms in total. The molecular weight excluding hydrogens is 388 g/mol. The zero-order chi connectivity index (χ0) is 21.8. The third-order valence-electron chi connectivity index (χ3n) is 5.60. The van der Waals surface area contributed by atoms with Crippen LogP contribution in [-0.2, 0) is 0 Å². The van der Waals surface area contributed by atoms with Gasteiger partial charge in [0.1, 0.15) is 0 Å². The van der Waals surface area contributed by atoms with Crippen LogP contribution < -0.4 is 10.6 Å². The third-order valence-corrected chi connectivity index (χ3v) is 5.60. The van der Waals surface area contributed by atoms with Gasteiger partial charge >= 0.3 is 0 Å². The van der Waals surface area contributed by atoms with Gasteiger partial charge in [0.05, 0.1) is 0 Å². The van der Waals surface area contributed by atoms with Crippen molar-refractivity contribution in [1.29, 1.82) is 0 Å². The van der Waals surface area contributed by atoms with E-state index in [2.05, 4.69) is 114 Å². The van der Waals surface area contributed by atoms with Gasteiger partial charge in [-0.15, -0.1) is 0 Å². The summed E-state index contributed by atoms with van der Waals surface area (Å²) in [5, 5.41) is 0. The fourth-order valence-corrected chi connectivity index (χ4v) is 4.04. The van der Waals surface area contributed by atoms with Crippen molar-refractivity contribution < 1.29 is 0 Å². The highest BCUT2D eigenvalue weighted by molar-refractivity contribution is 5.89. The lowest BCUT2D eigenvalue weighted by Crippen LogP contribution is -2.10. The number of nitrogen functional groups attached to an aromatic ring is 1. The van der Waals surface area contributed by atoms with E-state index in [0.717, 1.165) is 28.3 Å². The summed E-state index contributed by atoms with van der Waals surface area (Å²) in [4.78, 5) is 2.29. The van der Waals surface area contributed by atoms with Crippen LogP contribution in [0.4, 0.5) is 22.7 Å². The molecule has 5 aromatic carbocycles. The number of nitrogens with two attached hydrogens (primary N) is 1. The molecule has 2 N–H and O–H groups in total. The molecule has 5 rings (SSSR count). The van der Waals surface area contributed by atoms with E-state index >= 15 is 0 Å². The third kappa shape index (κ3) is 3.99. The van der Waals surface area contributed by atoms with Gasteiger partial charge in [-0.05, 0) is 70.8 Å². The first-order chi connectivity index (χ1) is 15.8. The first kappa shape index (κ1) is 19.7. The normalized spacial score (nSPS) is 10.6. The van der Waals surface area contributed by atoms with E-state index in [4.69, 9.17) is 5.73 Å². The monoisotopic (exact) mass is 412 g/mol. The number of hydrogen-bond donors (Lipinski definition) is 1. The molecule has 0 aliphatic rings. The smallest absolute Gasteiger partial charge is 0.0468 e. The van der Waals surface area contributed by atoms with E-state index in [9.17, 15) is 0 Å². The minimum Gasteiger partial charge on any atom is -0.399 e. The van der Waals surface area contributed by atoms with Crippen molar-refractivity contribution in [3.8, 4) is 22.3 Å². The van der Waals surface area contributed by atoms with Crippen LogP contribution in [0.3, 0.4) is 0 Å². The number of benzene rings is 5. The zero-order valence-corrected chi connectivity index (χ0v) is 17.7. The first-order valence-electron chi connectivity index (χ1n) is 10.8. The van der Waals surface area contributed by atoms with Crippen molar-refractivity contribution in [3.63, 3.8) is 0 Å². The summed E-state index contributed by atoms with van der Waals surface area (Å²) in [6.07, 6.45) is 0. The second-order valence-corrected chi connectivity index (χ2v) is 7.72. The van der Waals surface area contributed by atoms with Crippen molar-refractivity contribution in [2.24, 2.45) is 0 Å². The van der Waals surface area contributed by atoms with Gasteiger partial charge in [-0.2, -0.15) is 0 Å². The molecule has 0 aliphatic heterocycles. The van der Waals surface area contributed by atoms with Crippen molar-refractivity contribution >= 4 is 22.7 Å². The van der Waals surface area contributed by atoms with Crippen molar-refractivity contribution in [2.45, 2.75) is 0 Å². The Morgan fingerprint density at radius 3 is 1.47 bits per heavy atom. The van der Waals surface area contributed by atoms with Crippen LogP contribution in [0, 0.1) is 0 Å². The second-order valence-electron chi connectivity index (χ2n) is 7.72. The number of para-hydroxylation sites is 2. The van der Waals surface area contributed by atoms with Crippen LogP contribution in [0.2, 0.25) is 0 Å². The fraction of sp³-hybridized carbons (Fsp3) is 0. The summed E-state index contributed by atoms with van der Waals surface area (Å²) in [6, 6.07) is 46.3. The van der Waals surface area contributed by atoms with Crippen molar-refractivity contribution in [2.75, 3.05) is 10.6 Å². The molecule has 0 aliphatic carbocycles. The van der Waals surface area contributed by atoms with E-state index in [1.165, 1.54) is 16.7 Å². The van der Waals surface area contributed by atoms with Crippen LogP contribution in [-0.4, -0.2) is 0 Å². The maximum atomic E-state index is 5.94. The molecule has 0 saturated carbocycles. The predicted molar refractivity (Wildman–Crippen MR) is 136 cm³/mol. The lowest BCUT2D eigenvalue weighted by molar-refractivity contribution is 1.28. The maximum Gasteiger partial charge on any atom is 0.0468 e. The van der Waals surface area contributed by atoms with Crippen LogP contribution in [0.25, 0.3) is 22.3 Å². The predicted octanol–water partition coefficient (Wildman–Crippen LogP) is 8.07. The average molecular weight is 413 g/mol. The molecule has 0 unspecified atom stereocenters. The molecule has 0 atom stereocenters. The summed E-state index contributed by atoms with van der Waals surface area (Å²) in [5.41, 5.74) is 14.8. The number of hydrogen-bond acceptors (Lipinski definition) is 2. The van der Waals surface area contributed by atoms with Gasteiger partial charge in [-0.1, -0.05) is 84.9 Å². The molecule has 0 bridgehead atoms. The van der Waals surface area contributed by atoms with Crippen LogP contribution in [0.5, 0.6) is 0 Å². The molecule has 0 saturated heterocycles. The summed E-state index contributed by atoms with van der Waals surface area (Å²) in [6.45, 7) is 0. The minimum atomic E-state index is 0.769. The van der Waals surface area contributed by atoms with E-state index in [-0.39, 0.29) is 0 Å².